The molecule has 2 fully saturated rings. The van der Waals surface area contributed by atoms with Crippen molar-refractivity contribution in [3.05, 3.63) is 58.7 Å². The van der Waals surface area contributed by atoms with Crippen molar-refractivity contribution < 1.29 is 9.59 Å². The van der Waals surface area contributed by atoms with Gasteiger partial charge in [0.25, 0.3) is 0 Å². The number of aromatic nitrogens is 2. The maximum atomic E-state index is 12.2. The summed E-state index contributed by atoms with van der Waals surface area (Å²) < 4.78 is 0. The number of hydrogen-bond donors (Lipinski definition) is 0. The second kappa shape index (κ2) is 8.35. The molecule has 3 aliphatic rings. The average molecular weight is 417 g/mol. The maximum absolute atomic E-state index is 12.2. The van der Waals surface area contributed by atoms with Gasteiger partial charge < -0.3 is 4.90 Å². The van der Waals surface area contributed by atoms with Crippen molar-refractivity contribution in [2.75, 3.05) is 31.1 Å². The summed E-state index contributed by atoms with van der Waals surface area (Å²) in [5, 5.41) is 0. The molecule has 2 aliphatic carbocycles. The van der Waals surface area contributed by atoms with Gasteiger partial charge in [-0.2, -0.15) is 0 Å². The highest BCUT2D eigenvalue weighted by molar-refractivity contribution is 6.02. The number of allylic oxidation sites excluding steroid dienone is 1. The predicted molar refractivity (Wildman–Crippen MR) is 120 cm³/mol. The molecule has 0 N–H and O–H groups in total. The Labute approximate surface area is 183 Å². The number of pyridine rings is 2. The number of ketones is 2. The van der Waals surface area contributed by atoms with Crippen molar-refractivity contribution in [3.63, 3.8) is 0 Å². The van der Waals surface area contributed by atoms with Gasteiger partial charge in [0.05, 0.1) is 17.6 Å². The number of Topliss-reactive ketones (excluding diaryl/α,β-unsaturated/α-hetero) is 2. The Balaban J connectivity index is 1.16. The third-order valence-electron chi connectivity index (χ3n) is 6.55. The van der Waals surface area contributed by atoms with Crippen LogP contribution < -0.4 is 4.90 Å². The fourth-order valence-electron chi connectivity index (χ4n) is 4.38. The molecule has 0 bridgehead atoms. The van der Waals surface area contributed by atoms with Crippen LogP contribution in [0.15, 0.2) is 36.2 Å². The van der Waals surface area contributed by atoms with E-state index < -0.39 is 0 Å². The fraction of sp³-hybridized carbons (Fsp3) is 0.440. The van der Waals surface area contributed by atoms with Crippen molar-refractivity contribution in [2.45, 2.75) is 39.2 Å². The minimum absolute atomic E-state index is 0.171. The van der Waals surface area contributed by atoms with Gasteiger partial charge in [-0.25, -0.2) is 0 Å². The lowest BCUT2D eigenvalue weighted by Gasteiger charge is -2.36. The van der Waals surface area contributed by atoms with Crippen molar-refractivity contribution in [1.29, 1.82) is 0 Å². The smallest absolute Gasteiger partial charge is 0.181 e. The number of carbonyl (C=O) groups is 2. The number of piperazine rings is 1. The highest BCUT2D eigenvalue weighted by Gasteiger charge is 2.26. The first-order valence-corrected chi connectivity index (χ1v) is 11.2. The molecule has 1 saturated heterocycles. The molecule has 0 spiro atoms. The Morgan fingerprint density at radius 1 is 1.10 bits per heavy atom. The molecule has 0 amide bonds. The first-order valence-electron chi connectivity index (χ1n) is 11.2. The van der Waals surface area contributed by atoms with E-state index in [1.807, 2.05) is 37.5 Å². The minimum Gasteiger partial charge on any atom is -0.368 e. The number of nitrogens with zero attached hydrogens (tertiary/aromatic N) is 4. The van der Waals surface area contributed by atoms with Crippen LogP contribution in [-0.4, -0.2) is 52.6 Å². The summed E-state index contributed by atoms with van der Waals surface area (Å²) in [6, 6.07) is 6.04. The Morgan fingerprint density at radius 2 is 1.90 bits per heavy atom. The number of carbonyl (C=O) groups excluding carboxylic acids is 2. The number of rotatable bonds is 6. The molecule has 0 atom stereocenters. The molecule has 5 rings (SSSR count). The van der Waals surface area contributed by atoms with E-state index in [0.29, 0.717) is 24.5 Å². The summed E-state index contributed by atoms with van der Waals surface area (Å²) in [5.74, 6) is 0.951. The van der Waals surface area contributed by atoms with Crippen molar-refractivity contribution in [3.8, 4) is 0 Å². The molecule has 6 nitrogen and oxygen atoms in total. The summed E-state index contributed by atoms with van der Waals surface area (Å²) in [6.45, 7) is 6.47. The maximum Gasteiger partial charge on any atom is 0.181 e. The number of fused-ring (bicyclic) bond motifs is 1. The monoisotopic (exact) mass is 416 g/mol. The zero-order valence-electron chi connectivity index (χ0n) is 18.0. The Kier molecular flexibility index (Phi) is 5.40. The first-order chi connectivity index (χ1) is 15.0. The van der Waals surface area contributed by atoms with Crippen LogP contribution in [0.3, 0.4) is 0 Å². The first kappa shape index (κ1) is 20.1. The van der Waals surface area contributed by atoms with E-state index in [1.165, 1.54) is 12.8 Å². The van der Waals surface area contributed by atoms with E-state index in [-0.39, 0.29) is 11.6 Å². The summed E-state index contributed by atoms with van der Waals surface area (Å²) in [6.07, 6.45) is 9.14. The van der Waals surface area contributed by atoms with Gasteiger partial charge in [-0.1, -0.05) is 6.07 Å². The van der Waals surface area contributed by atoms with Crippen molar-refractivity contribution in [1.82, 2.24) is 14.9 Å². The molecular weight excluding hydrogens is 388 g/mol. The topological polar surface area (TPSA) is 66.4 Å². The molecule has 1 aliphatic heterocycles. The fourth-order valence-corrected chi connectivity index (χ4v) is 4.38. The Hall–Kier alpha value is -2.86. The lowest BCUT2D eigenvalue weighted by Crippen LogP contribution is -2.46. The van der Waals surface area contributed by atoms with Gasteiger partial charge >= 0.3 is 0 Å². The Bertz CT molecular complexity index is 1030. The lowest BCUT2D eigenvalue weighted by molar-refractivity contribution is -0.114. The van der Waals surface area contributed by atoms with E-state index in [0.717, 1.165) is 60.8 Å². The quantitative estimate of drug-likeness (QED) is 0.673. The lowest BCUT2D eigenvalue weighted by atomic mass is 9.94. The van der Waals surface area contributed by atoms with E-state index in [2.05, 4.69) is 25.8 Å². The minimum atomic E-state index is 0.171. The summed E-state index contributed by atoms with van der Waals surface area (Å²) in [5.41, 5.74) is 5.59. The summed E-state index contributed by atoms with van der Waals surface area (Å²) >= 11 is 0. The third kappa shape index (κ3) is 4.59. The van der Waals surface area contributed by atoms with Gasteiger partial charge in [-0.3, -0.25) is 24.5 Å². The van der Waals surface area contributed by atoms with Crippen LogP contribution in [0.25, 0.3) is 6.08 Å². The highest BCUT2D eigenvalue weighted by Crippen LogP contribution is 2.33. The van der Waals surface area contributed by atoms with Crippen LogP contribution in [0.1, 0.15) is 53.5 Å². The Morgan fingerprint density at radius 3 is 2.61 bits per heavy atom. The molecule has 1 saturated carbocycles. The standard InChI is InChI=1S/C25H28N4O2/c1-17-10-23-20(13-24(17)30)11-19(14-26-23)16-28-6-8-29(9-7-28)21-4-5-22(27-15-21)25(31)12-18-2-3-18/h4-5,10-11,14-15,18H,2-3,6-9,12-13,16H2,1H3. The summed E-state index contributed by atoms with van der Waals surface area (Å²) in [4.78, 5) is 38.0. The van der Waals surface area contributed by atoms with E-state index in [1.54, 1.807) is 0 Å². The SMILES string of the molecule is CC1=Cc2ncc(CN3CCN(c4ccc(C(=O)CC5CC5)nc4)CC3)cc2CC1=O. The number of hydrogen-bond acceptors (Lipinski definition) is 6. The highest BCUT2D eigenvalue weighted by atomic mass is 16.1. The van der Waals surface area contributed by atoms with Crippen LogP contribution in [-0.2, 0) is 17.8 Å². The molecule has 2 aromatic rings. The number of anilines is 1. The van der Waals surface area contributed by atoms with Crippen LogP contribution in [0, 0.1) is 5.92 Å². The molecule has 0 unspecified atom stereocenters. The molecular formula is C25H28N4O2. The molecule has 0 radical (unpaired) electrons. The normalized spacial score (nSPS) is 19.2. The summed E-state index contributed by atoms with van der Waals surface area (Å²) in [7, 11) is 0. The molecule has 0 aromatic carbocycles. The van der Waals surface area contributed by atoms with Crippen LogP contribution in [0.2, 0.25) is 0 Å². The van der Waals surface area contributed by atoms with Gasteiger partial charge in [-0.15, -0.1) is 0 Å². The molecule has 6 heteroatoms. The zero-order valence-corrected chi connectivity index (χ0v) is 18.0. The van der Waals surface area contributed by atoms with Gasteiger partial charge in [0, 0.05) is 51.8 Å². The van der Waals surface area contributed by atoms with Gasteiger partial charge in [0.1, 0.15) is 5.69 Å². The van der Waals surface area contributed by atoms with E-state index in [9.17, 15) is 9.59 Å². The molecule has 31 heavy (non-hydrogen) atoms. The van der Waals surface area contributed by atoms with E-state index in [4.69, 9.17) is 0 Å². The van der Waals surface area contributed by atoms with E-state index >= 15 is 0 Å². The zero-order chi connectivity index (χ0) is 21.4. The second-order valence-electron chi connectivity index (χ2n) is 9.05. The van der Waals surface area contributed by atoms with Crippen LogP contribution >= 0.6 is 0 Å². The average Bonchev–Trinajstić information content (AvgIpc) is 3.59. The van der Waals surface area contributed by atoms with Crippen LogP contribution in [0.4, 0.5) is 5.69 Å². The van der Waals surface area contributed by atoms with Crippen molar-refractivity contribution >= 4 is 23.3 Å². The van der Waals surface area contributed by atoms with Crippen molar-refractivity contribution in [2.24, 2.45) is 5.92 Å². The largest absolute Gasteiger partial charge is 0.368 e. The molecule has 3 heterocycles. The third-order valence-corrected chi connectivity index (χ3v) is 6.55. The van der Waals surface area contributed by atoms with Gasteiger partial charge in [0.15, 0.2) is 11.6 Å². The van der Waals surface area contributed by atoms with Gasteiger partial charge in [0.2, 0.25) is 0 Å². The second-order valence-corrected chi connectivity index (χ2v) is 9.05. The van der Waals surface area contributed by atoms with Crippen LogP contribution in [0.5, 0.6) is 0 Å². The molecule has 160 valence electrons. The van der Waals surface area contributed by atoms with Gasteiger partial charge in [-0.05, 0) is 60.6 Å². The molecule has 2 aromatic heterocycles. The predicted octanol–water partition coefficient (Wildman–Crippen LogP) is 3.31.